The Bertz CT molecular complexity index is 847. The highest BCUT2D eigenvalue weighted by Crippen LogP contribution is 2.39. The maximum absolute atomic E-state index is 11.6. The molecule has 2 aromatic rings. The number of hydrogen-bond acceptors (Lipinski definition) is 4. The van der Waals surface area contributed by atoms with Gasteiger partial charge in [0.15, 0.2) is 0 Å². The van der Waals surface area contributed by atoms with Gasteiger partial charge in [-0.3, -0.25) is 4.79 Å². The normalized spacial score (nSPS) is 19.5. The number of nitrogens with zero attached hydrogens (tertiary/aromatic N) is 1. The molecule has 2 aromatic carbocycles. The summed E-state index contributed by atoms with van der Waals surface area (Å²) in [5.41, 5.74) is 1.50. The summed E-state index contributed by atoms with van der Waals surface area (Å²) in [5.74, 6) is 1.61. The van der Waals surface area contributed by atoms with Crippen LogP contribution in [0, 0.1) is 11.3 Å². The van der Waals surface area contributed by atoms with Gasteiger partial charge in [-0.05, 0) is 79.0 Å². The Kier molecular flexibility index (Phi) is 7.27. The highest BCUT2D eigenvalue weighted by atomic mass is 16.5. The number of carbonyl (C=O) groups is 1. The lowest BCUT2D eigenvalue weighted by atomic mass is 9.72. The molecule has 1 aliphatic carbocycles. The molecule has 164 valence electrons. The highest BCUT2D eigenvalue weighted by molar-refractivity contribution is 5.87. The van der Waals surface area contributed by atoms with Crippen LogP contribution in [0.25, 0.3) is 10.8 Å². The first-order valence-corrected chi connectivity index (χ1v) is 11.3. The van der Waals surface area contributed by atoms with Crippen LogP contribution in [0.15, 0.2) is 36.4 Å². The summed E-state index contributed by atoms with van der Waals surface area (Å²) in [6.45, 7) is 9.96. The summed E-state index contributed by atoms with van der Waals surface area (Å²) in [6, 6.07) is 12.8. The minimum atomic E-state index is -0.150. The van der Waals surface area contributed by atoms with E-state index in [1.54, 1.807) is 0 Å². The van der Waals surface area contributed by atoms with Crippen LogP contribution in [-0.4, -0.2) is 32.3 Å². The van der Waals surface area contributed by atoms with Crippen molar-refractivity contribution in [2.24, 2.45) is 11.3 Å². The molecule has 1 aliphatic rings. The summed E-state index contributed by atoms with van der Waals surface area (Å²) in [6.07, 6.45) is 5.52. The fraction of sp³-hybridized carbons (Fsp3) is 0.577. The number of hydrogen-bond donors (Lipinski definition) is 0. The van der Waals surface area contributed by atoms with E-state index in [2.05, 4.69) is 62.1 Å². The molecule has 30 heavy (non-hydrogen) atoms. The number of rotatable bonds is 7. The molecule has 0 saturated heterocycles. The van der Waals surface area contributed by atoms with Crippen LogP contribution in [-0.2, 0) is 9.53 Å². The van der Waals surface area contributed by atoms with Gasteiger partial charge in [0.05, 0.1) is 19.1 Å². The second-order valence-corrected chi connectivity index (χ2v) is 9.63. The summed E-state index contributed by atoms with van der Waals surface area (Å²) in [4.78, 5) is 13.7. The lowest BCUT2D eigenvalue weighted by molar-refractivity contribution is -0.142. The highest BCUT2D eigenvalue weighted by Gasteiger charge is 2.30. The van der Waals surface area contributed by atoms with Gasteiger partial charge in [-0.1, -0.05) is 32.9 Å². The Balaban J connectivity index is 1.59. The van der Waals surface area contributed by atoms with Crippen molar-refractivity contribution in [3.05, 3.63) is 36.4 Å². The lowest BCUT2D eigenvalue weighted by Crippen LogP contribution is -2.30. The number of esters is 1. The molecule has 0 amide bonds. The van der Waals surface area contributed by atoms with Crippen LogP contribution < -0.4 is 9.64 Å². The first-order chi connectivity index (χ1) is 14.3. The lowest BCUT2D eigenvalue weighted by Gasteiger charge is -2.37. The van der Waals surface area contributed by atoms with E-state index in [4.69, 9.17) is 9.47 Å². The Morgan fingerprint density at radius 1 is 1.03 bits per heavy atom. The van der Waals surface area contributed by atoms with Gasteiger partial charge in [0, 0.05) is 19.3 Å². The molecule has 1 fully saturated rings. The van der Waals surface area contributed by atoms with E-state index in [-0.39, 0.29) is 5.97 Å². The van der Waals surface area contributed by atoms with Crippen molar-refractivity contribution in [3.8, 4) is 5.75 Å². The smallest absolute Gasteiger partial charge is 0.307 e. The molecule has 1 saturated carbocycles. The maximum atomic E-state index is 11.6. The molecular weight excluding hydrogens is 374 g/mol. The predicted molar refractivity (Wildman–Crippen MR) is 124 cm³/mol. The van der Waals surface area contributed by atoms with Crippen LogP contribution in [0.2, 0.25) is 0 Å². The minimum Gasteiger partial charge on any atom is -0.490 e. The molecule has 3 rings (SSSR count). The number of anilines is 1. The van der Waals surface area contributed by atoms with Crippen LogP contribution in [0.4, 0.5) is 5.69 Å². The third-order valence-electron chi connectivity index (χ3n) is 6.39. The average Bonchev–Trinajstić information content (AvgIpc) is 2.71. The van der Waals surface area contributed by atoms with Gasteiger partial charge in [-0.15, -0.1) is 0 Å². The van der Waals surface area contributed by atoms with E-state index in [0.717, 1.165) is 30.2 Å². The topological polar surface area (TPSA) is 38.8 Å². The van der Waals surface area contributed by atoms with Crippen molar-refractivity contribution in [2.45, 2.75) is 65.9 Å². The van der Waals surface area contributed by atoms with Gasteiger partial charge >= 0.3 is 5.97 Å². The Morgan fingerprint density at radius 2 is 1.70 bits per heavy atom. The fourth-order valence-corrected chi connectivity index (χ4v) is 4.38. The maximum Gasteiger partial charge on any atom is 0.307 e. The van der Waals surface area contributed by atoms with E-state index in [0.29, 0.717) is 31.1 Å². The molecule has 0 unspecified atom stereocenters. The SMILES string of the molecule is CCOC(=O)CCN(C)c1ccc2cc(OC3CCC(C(C)(C)C)CC3)ccc2c1. The second-order valence-electron chi connectivity index (χ2n) is 9.63. The molecule has 0 atom stereocenters. The molecule has 0 aliphatic heterocycles. The van der Waals surface area contributed by atoms with E-state index in [9.17, 15) is 4.79 Å². The molecular formula is C26H37NO3. The molecule has 0 bridgehead atoms. The predicted octanol–water partition coefficient (Wildman–Crippen LogP) is 6.21. The number of carbonyl (C=O) groups excluding carboxylic acids is 1. The summed E-state index contributed by atoms with van der Waals surface area (Å²) < 4.78 is 11.3. The second kappa shape index (κ2) is 9.72. The van der Waals surface area contributed by atoms with E-state index < -0.39 is 0 Å². The third kappa shape index (κ3) is 5.90. The Morgan fingerprint density at radius 3 is 2.37 bits per heavy atom. The first kappa shape index (κ1) is 22.5. The van der Waals surface area contributed by atoms with Crippen molar-refractivity contribution in [3.63, 3.8) is 0 Å². The van der Waals surface area contributed by atoms with Gasteiger partial charge < -0.3 is 14.4 Å². The zero-order valence-corrected chi connectivity index (χ0v) is 19.2. The van der Waals surface area contributed by atoms with Gasteiger partial charge in [0.1, 0.15) is 5.75 Å². The standard InChI is InChI=1S/C26H37NO3/c1-6-29-25(28)15-16-27(5)22-11-7-20-18-24(12-8-19(20)17-22)30-23-13-9-21(10-14-23)26(2,3)4/h7-8,11-12,17-18,21,23H,6,9-10,13-16H2,1-5H3. The average molecular weight is 412 g/mol. The Labute approximate surface area is 181 Å². The minimum absolute atomic E-state index is 0.150. The van der Waals surface area contributed by atoms with E-state index in [1.807, 2.05) is 14.0 Å². The molecule has 0 heterocycles. The monoisotopic (exact) mass is 411 g/mol. The van der Waals surface area contributed by atoms with Crippen molar-refractivity contribution in [1.82, 2.24) is 0 Å². The van der Waals surface area contributed by atoms with Crippen LogP contribution >= 0.6 is 0 Å². The largest absolute Gasteiger partial charge is 0.490 e. The van der Waals surface area contributed by atoms with Gasteiger partial charge in [-0.25, -0.2) is 0 Å². The Hall–Kier alpha value is -2.23. The summed E-state index contributed by atoms with van der Waals surface area (Å²) in [7, 11) is 2.01. The number of fused-ring (bicyclic) bond motifs is 1. The first-order valence-electron chi connectivity index (χ1n) is 11.3. The van der Waals surface area contributed by atoms with Crippen LogP contribution in [0.1, 0.15) is 59.8 Å². The zero-order chi connectivity index (χ0) is 21.7. The molecule has 4 heteroatoms. The van der Waals surface area contributed by atoms with Crippen molar-refractivity contribution < 1.29 is 14.3 Å². The van der Waals surface area contributed by atoms with Crippen molar-refractivity contribution in [2.75, 3.05) is 25.1 Å². The molecule has 4 nitrogen and oxygen atoms in total. The molecule has 0 N–H and O–H groups in total. The third-order valence-corrected chi connectivity index (χ3v) is 6.39. The van der Waals surface area contributed by atoms with Gasteiger partial charge in [0.25, 0.3) is 0 Å². The van der Waals surface area contributed by atoms with Gasteiger partial charge in [0.2, 0.25) is 0 Å². The van der Waals surface area contributed by atoms with E-state index >= 15 is 0 Å². The van der Waals surface area contributed by atoms with Crippen molar-refractivity contribution >= 4 is 22.4 Å². The fourth-order valence-electron chi connectivity index (χ4n) is 4.38. The molecule has 0 spiro atoms. The van der Waals surface area contributed by atoms with Crippen LogP contribution in [0.3, 0.4) is 0 Å². The molecule has 0 radical (unpaired) electrons. The quantitative estimate of drug-likeness (QED) is 0.508. The zero-order valence-electron chi connectivity index (χ0n) is 19.2. The number of benzene rings is 2. The van der Waals surface area contributed by atoms with E-state index in [1.165, 1.54) is 23.6 Å². The molecule has 0 aromatic heterocycles. The summed E-state index contributed by atoms with van der Waals surface area (Å²) >= 11 is 0. The van der Waals surface area contributed by atoms with Gasteiger partial charge in [-0.2, -0.15) is 0 Å². The summed E-state index contributed by atoms with van der Waals surface area (Å²) in [5, 5.41) is 2.36. The van der Waals surface area contributed by atoms with Crippen LogP contribution in [0.5, 0.6) is 5.75 Å². The van der Waals surface area contributed by atoms with Crippen molar-refractivity contribution in [1.29, 1.82) is 0 Å². The number of ether oxygens (including phenoxy) is 2.